The zero-order chi connectivity index (χ0) is 14.8. The molecule has 5 nitrogen and oxygen atoms in total. The molecule has 0 aliphatic heterocycles. The summed E-state index contributed by atoms with van der Waals surface area (Å²) in [7, 11) is -2.40. The van der Waals surface area contributed by atoms with Gasteiger partial charge in [-0.05, 0) is 18.2 Å². The Balaban J connectivity index is 2.41. The molecule has 1 heterocycles. The standard InChI is InChI=1S/C12H10Cl2N2O3S/c1-19-8-2-3-9(13)11(6-8)16-20(17,18)12-7-15-5-4-10(12)14/h2-7,16H,1H3. The highest BCUT2D eigenvalue weighted by Crippen LogP contribution is 2.30. The molecule has 0 saturated carbocycles. The van der Waals surface area contributed by atoms with Crippen LogP contribution in [0.1, 0.15) is 0 Å². The van der Waals surface area contributed by atoms with Crippen molar-refractivity contribution in [3.8, 4) is 5.75 Å². The average Bonchev–Trinajstić information content (AvgIpc) is 2.41. The van der Waals surface area contributed by atoms with Crippen molar-refractivity contribution in [1.82, 2.24) is 4.98 Å². The Morgan fingerprint density at radius 2 is 1.95 bits per heavy atom. The summed E-state index contributed by atoms with van der Waals surface area (Å²) in [5.41, 5.74) is 0.200. The van der Waals surface area contributed by atoms with Gasteiger partial charge in [-0.3, -0.25) is 9.71 Å². The number of ether oxygens (including phenoxy) is 1. The van der Waals surface area contributed by atoms with Gasteiger partial charge in [0.15, 0.2) is 0 Å². The van der Waals surface area contributed by atoms with Crippen LogP contribution in [0.4, 0.5) is 5.69 Å². The van der Waals surface area contributed by atoms with Crippen LogP contribution in [-0.4, -0.2) is 20.5 Å². The maximum Gasteiger partial charge on any atom is 0.264 e. The predicted molar refractivity (Wildman–Crippen MR) is 78.1 cm³/mol. The Morgan fingerprint density at radius 1 is 1.20 bits per heavy atom. The third-order valence-corrected chi connectivity index (χ3v) is 4.61. The van der Waals surface area contributed by atoms with E-state index in [0.717, 1.165) is 0 Å². The highest BCUT2D eigenvalue weighted by Gasteiger charge is 2.19. The first kappa shape index (κ1) is 14.9. The Kier molecular flexibility index (Phi) is 4.37. The van der Waals surface area contributed by atoms with E-state index >= 15 is 0 Å². The minimum absolute atomic E-state index is 0.0755. The van der Waals surface area contributed by atoms with Crippen LogP contribution in [0.5, 0.6) is 5.75 Å². The number of hydrogen-bond acceptors (Lipinski definition) is 4. The molecule has 0 aliphatic carbocycles. The molecule has 0 bridgehead atoms. The van der Waals surface area contributed by atoms with Gasteiger partial charge >= 0.3 is 0 Å². The van der Waals surface area contributed by atoms with Gasteiger partial charge in [0.05, 0.1) is 22.8 Å². The first-order valence-electron chi connectivity index (χ1n) is 5.40. The van der Waals surface area contributed by atoms with Crippen LogP contribution in [0.3, 0.4) is 0 Å². The van der Waals surface area contributed by atoms with Gasteiger partial charge in [-0.15, -0.1) is 0 Å². The number of aromatic nitrogens is 1. The smallest absolute Gasteiger partial charge is 0.264 e. The number of pyridine rings is 1. The molecular weight excluding hydrogens is 323 g/mol. The molecular formula is C12H10Cl2N2O3S. The maximum atomic E-state index is 12.2. The number of benzene rings is 1. The van der Waals surface area contributed by atoms with Crippen molar-refractivity contribution in [2.45, 2.75) is 4.90 Å². The van der Waals surface area contributed by atoms with Gasteiger partial charge in [-0.1, -0.05) is 23.2 Å². The monoisotopic (exact) mass is 332 g/mol. The van der Waals surface area contributed by atoms with Crippen LogP contribution in [0.25, 0.3) is 0 Å². The fraction of sp³-hybridized carbons (Fsp3) is 0.0833. The molecule has 0 spiro atoms. The topological polar surface area (TPSA) is 68.3 Å². The third kappa shape index (κ3) is 3.15. The Morgan fingerprint density at radius 3 is 2.60 bits per heavy atom. The molecule has 0 atom stereocenters. The molecule has 1 aromatic carbocycles. The summed E-state index contributed by atoms with van der Waals surface area (Å²) < 4.78 is 31.9. The van der Waals surface area contributed by atoms with E-state index in [-0.39, 0.29) is 20.6 Å². The number of hydrogen-bond donors (Lipinski definition) is 1. The van der Waals surface area contributed by atoms with Gasteiger partial charge < -0.3 is 4.74 Å². The normalized spacial score (nSPS) is 11.2. The molecule has 1 aromatic heterocycles. The van der Waals surface area contributed by atoms with E-state index in [0.29, 0.717) is 5.75 Å². The van der Waals surface area contributed by atoms with Crippen molar-refractivity contribution in [3.63, 3.8) is 0 Å². The molecule has 20 heavy (non-hydrogen) atoms. The molecule has 0 radical (unpaired) electrons. The average molecular weight is 333 g/mol. The SMILES string of the molecule is COc1ccc(Cl)c(NS(=O)(=O)c2cnccc2Cl)c1. The quantitative estimate of drug-likeness (QED) is 0.933. The first-order valence-corrected chi connectivity index (χ1v) is 7.64. The highest BCUT2D eigenvalue weighted by molar-refractivity contribution is 7.92. The first-order chi connectivity index (χ1) is 9.44. The summed E-state index contributed by atoms with van der Waals surface area (Å²) >= 11 is 11.8. The van der Waals surface area contributed by atoms with Crippen LogP contribution in [-0.2, 0) is 10.0 Å². The lowest BCUT2D eigenvalue weighted by Gasteiger charge is -2.11. The summed E-state index contributed by atoms with van der Waals surface area (Å²) in [6, 6.07) is 6.02. The zero-order valence-corrected chi connectivity index (χ0v) is 12.6. The number of halogens is 2. The molecule has 1 N–H and O–H groups in total. The van der Waals surface area contributed by atoms with E-state index in [1.54, 1.807) is 6.07 Å². The number of sulfonamides is 1. The van der Waals surface area contributed by atoms with Crippen LogP contribution >= 0.6 is 23.2 Å². The van der Waals surface area contributed by atoms with Gasteiger partial charge in [0, 0.05) is 18.5 Å². The van der Waals surface area contributed by atoms with Crippen molar-refractivity contribution in [2.24, 2.45) is 0 Å². The predicted octanol–water partition coefficient (Wildman–Crippen LogP) is 3.20. The van der Waals surface area contributed by atoms with Crippen molar-refractivity contribution in [3.05, 3.63) is 46.7 Å². The fourth-order valence-electron chi connectivity index (χ4n) is 1.47. The minimum atomic E-state index is -3.88. The maximum absolute atomic E-state index is 12.2. The summed E-state index contributed by atoms with van der Waals surface area (Å²) in [4.78, 5) is 3.62. The van der Waals surface area contributed by atoms with Gasteiger partial charge in [0.25, 0.3) is 10.0 Å². The number of nitrogens with one attached hydrogen (secondary N) is 1. The van der Waals surface area contributed by atoms with E-state index in [1.165, 1.54) is 37.7 Å². The summed E-state index contributed by atoms with van der Waals surface area (Å²) in [6.07, 6.45) is 2.57. The van der Waals surface area contributed by atoms with Crippen molar-refractivity contribution >= 4 is 38.9 Å². The second-order valence-corrected chi connectivity index (χ2v) is 6.22. The summed E-state index contributed by atoms with van der Waals surface area (Å²) in [5, 5.41) is 0.320. The van der Waals surface area contributed by atoms with E-state index in [1.807, 2.05) is 0 Å². The second-order valence-electron chi connectivity index (χ2n) is 3.76. The molecule has 0 fully saturated rings. The largest absolute Gasteiger partial charge is 0.497 e. The second kappa shape index (κ2) is 5.87. The molecule has 0 amide bonds. The van der Waals surface area contributed by atoms with Gasteiger partial charge in [-0.2, -0.15) is 0 Å². The highest BCUT2D eigenvalue weighted by atomic mass is 35.5. The van der Waals surface area contributed by atoms with E-state index in [2.05, 4.69) is 9.71 Å². The van der Waals surface area contributed by atoms with E-state index < -0.39 is 10.0 Å². The number of anilines is 1. The molecule has 2 rings (SSSR count). The third-order valence-electron chi connectivity index (χ3n) is 2.44. The molecule has 8 heteroatoms. The molecule has 0 saturated heterocycles. The summed E-state index contributed by atoms with van der Waals surface area (Å²) in [5.74, 6) is 0.476. The Labute approximate surface area is 126 Å². The van der Waals surface area contributed by atoms with Crippen LogP contribution in [0.2, 0.25) is 10.0 Å². The van der Waals surface area contributed by atoms with Crippen LogP contribution in [0, 0.1) is 0 Å². The van der Waals surface area contributed by atoms with E-state index in [9.17, 15) is 8.42 Å². The zero-order valence-electron chi connectivity index (χ0n) is 10.3. The number of nitrogens with zero attached hydrogens (tertiary/aromatic N) is 1. The van der Waals surface area contributed by atoms with Gasteiger partial charge in [-0.25, -0.2) is 8.42 Å². The lowest BCUT2D eigenvalue weighted by molar-refractivity contribution is 0.415. The lowest BCUT2D eigenvalue weighted by atomic mass is 10.3. The van der Waals surface area contributed by atoms with Crippen molar-refractivity contribution in [2.75, 3.05) is 11.8 Å². The molecule has 0 unspecified atom stereocenters. The Bertz CT molecular complexity index is 735. The molecule has 2 aromatic rings. The summed E-state index contributed by atoms with van der Waals surface area (Å²) in [6.45, 7) is 0. The van der Waals surface area contributed by atoms with Crippen LogP contribution < -0.4 is 9.46 Å². The van der Waals surface area contributed by atoms with Crippen LogP contribution in [0.15, 0.2) is 41.6 Å². The van der Waals surface area contributed by atoms with Crippen molar-refractivity contribution < 1.29 is 13.2 Å². The number of methoxy groups -OCH3 is 1. The molecule has 0 aliphatic rings. The fourth-order valence-corrected chi connectivity index (χ4v) is 3.19. The minimum Gasteiger partial charge on any atom is -0.497 e. The van der Waals surface area contributed by atoms with Gasteiger partial charge in [0.2, 0.25) is 0 Å². The van der Waals surface area contributed by atoms with Gasteiger partial charge in [0.1, 0.15) is 10.6 Å². The lowest BCUT2D eigenvalue weighted by Crippen LogP contribution is -2.14. The number of rotatable bonds is 4. The Hall–Kier alpha value is -1.50. The van der Waals surface area contributed by atoms with E-state index in [4.69, 9.17) is 27.9 Å². The molecule has 106 valence electrons. The van der Waals surface area contributed by atoms with Crippen molar-refractivity contribution in [1.29, 1.82) is 0 Å².